The van der Waals surface area contributed by atoms with Gasteiger partial charge in [-0.3, -0.25) is 9.59 Å². The van der Waals surface area contributed by atoms with Gasteiger partial charge in [-0.05, 0) is 38.5 Å². The number of alkyl halides is 1. The predicted octanol–water partition coefficient (Wildman–Crippen LogP) is 8.31. The molecule has 0 N–H and O–H groups in total. The third kappa shape index (κ3) is 8.75. The Morgan fingerprint density at radius 3 is 1.27 bits per heavy atom. The topological polar surface area (TPSA) is 52.6 Å². The Morgan fingerprint density at radius 2 is 1.00 bits per heavy atom. The van der Waals surface area contributed by atoms with Crippen LogP contribution >= 0.6 is 50.9 Å². The largest absolute Gasteiger partial charge is 0.466 e. The summed E-state index contributed by atoms with van der Waals surface area (Å²) in [6.07, 6.45) is 3.17. The van der Waals surface area contributed by atoms with E-state index in [9.17, 15) is 9.59 Å². The molecule has 2 aliphatic rings. The molecule has 0 aromatic heterocycles. The molecule has 8 heteroatoms. The van der Waals surface area contributed by atoms with Gasteiger partial charge in [-0.1, -0.05) is 29.3 Å². The van der Waals surface area contributed by atoms with E-state index in [-0.39, 0.29) is 23.8 Å². The van der Waals surface area contributed by atoms with Crippen LogP contribution in [0.1, 0.15) is 40.0 Å². The van der Waals surface area contributed by atoms with Gasteiger partial charge in [0.05, 0.1) is 25.0 Å². The second-order valence-corrected chi connectivity index (χ2v) is 25.6. The van der Waals surface area contributed by atoms with Gasteiger partial charge in [-0.2, -0.15) is 0 Å². The summed E-state index contributed by atoms with van der Waals surface area (Å²) < 4.78 is 6.95. The number of carbonyl (C=O) groups is 2. The van der Waals surface area contributed by atoms with Gasteiger partial charge < -0.3 is 9.47 Å². The first-order chi connectivity index (χ1) is 19.7. The molecular weight excluding hydrogens is 731 g/mol. The number of rotatable bonds is 9. The quantitative estimate of drug-likeness (QED) is 0.125. The first kappa shape index (κ1) is 34.0. The zero-order valence-corrected chi connectivity index (χ0v) is 29.6. The average Bonchev–Trinajstić information content (AvgIpc) is 3.94. The normalized spacial score (nSPS) is 21.4. The van der Waals surface area contributed by atoms with Gasteiger partial charge in [0.15, 0.2) is 0 Å². The van der Waals surface area contributed by atoms with Crippen LogP contribution in [-0.2, 0) is 19.1 Å². The van der Waals surface area contributed by atoms with E-state index in [1.54, 1.807) is 0 Å². The molecule has 0 bridgehead atoms. The second-order valence-electron chi connectivity index (χ2n) is 10.2. The first-order valence-electron chi connectivity index (χ1n) is 14.2. The maximum Gasteiger partial charge on any atom is 0.309 e. The van der Waals surface area contributed by atoms with Crippen LogP contribution < -0.4 is 15.9 Å². The molecule has 222 valence electrons. The Morgan fingerprint density at radius 1 is 0.659 bits per heavy atom. The van der Waals surface area contributed by atoms with Crippen molar-refractivity contribution in [3.8, 4) is 0 Å². The molecule has 0 amide bonds. The van der Waals surface area contributed by atoms with Crippen LogP contribution in [0.5, 0.6) is 0 Å². The third-order valence-electron chi connectivity index (χ3n) is 7.38. The minimum atomic E-state index is -2.75. The summed E-state index contributed by atoms with van der Waals surface area (Å²) in [5.74, 6) is 1.59. The third-order valence-corrected chi connectivity index (χ3v) is 19.2. The molecule has 3 aromatic rings. The van der Waals surface area contributed by atoms with Gasteiger partial charge in [-0.15, -0.1) is 0 Å². The molecule has 0 unspecified atom stereocenters. The van der Waals surface area contributed by atoms with E-state index in [0.29, 0.717) is 25.0 Å². The summed E-state index contributed by atoms with van der Waals surface area (Å²) in [5, 5.41) is 4.72. The molecule has 0 saturated heterocycles. The standard InChI is InChI=1S/C18H15Br2P.C8H14O2.C7H11BrO2/c19-21(20,16-10-4-1-5-11-16,17-12-6-2-7-13-17)18-14-8-3-9-15-18;1-3-6-5-7(6)8(9)10-4-2;1-2-10-7(9)6-3-5(6)4-8/h1-15H;6-7H,3-5H2,1-2H3;5-6H,2-4H2,1H3/t;6-,7-;5-,6+/m.10/s1. The van der Waals surface area contributed by atoms with E-state index in [2.05, 4.69) is 145 Å². The number of ether oxygens (including phenoxy) is 2. The van der Waals surface area contributed by atoms with Gasteiger partial charge >= 0.3 is 154 Å². The number of halogens is 3. The van der Waals surface area contributed by atoms with E-state index in [1.165, 1.54) is 15.9 Å². The Kier molecular flexibility index (Phi) is 13.1. The van der Waals surface area contributed by atoms with Crippen molar-refractivity contribution < 1.29 is 19.1 Å². The van der Waals surface area contributed by atoms with Crippen LogP contribution in [0.4, 0.5) is 0 Å². The molecule has 2 fully saturated rings. The Bertz CT molecular complexity index is 1110. The van der Waals surface area contributed by atoms with Crippen LogP contribution in [0.25, 0.3) is 0 Å². The van der Waals surface area contributed by atoms with Crippen molar-refractivity contribution in [3.63, 3.8) is 0 Å². The SMILES string of the molecule is BrP(Br)(c1ccccc1)(c1ccccc1)c1ccccc1.CCOC(=O)[C@@H]1C[C@H]1CBr.CCOC(=O)[C@@H]1C[C@H]1CC. The van der Waals surface area contributed by atoms with Gasteiger partial charge in [-0.25, -0.2) is 0 Å². The van der Waals surface area contributed by atoms with E-state index in [4.69, 9.17) is 9.47 Å². The summed E-state index contributed by atoms with van der Waals surface area (Å²) in [7, 11) is 0. The first-order valence-corrected chi connectivity index (χ1v) is 21.6. The van der Waals surface area contributed by atoms with Crippen LogP contribution in [0.15, 0.2) is 91.0 Å². The molecule has 4 atom stereocenters. The van der Waals surface area contributed by atoms with Crippen LogP contribution in [0.2, 0.25) is 0 Å². The van der Waals surface area contributed by atoms with Gasteiger partial charge in [0.25, 0.3) is 0 Å². The zero-order valence-electron chi connectivity index (χ0n) is 23.9. The van der Waals surface area contributed by atoms with Crippen molar-refractivity contribution in [2.24, 2.45) is 23.7 Å². The summed E-state index contributed by atoms with van der Waals surface area (Å²) >= 11 is 11.7. The molecule has 0 aliphatic heterocycles. The fourth-order valence-corrected chi connectivity index (χ4v) is 12.7. The van der Waals surface area contributed by atoms with Crippen LogP contribution in [-0.4, -0.2) is 30.5 Å². The fourth-order valence-electron chi connectivity index (χ4n) is 4.71. The van der Waals surface area contributed by atoms with Crippen molar-refractivity contribution in [1.82, 2.24) is 0 Å². The molecule has 2 saturated carbocycles. The Hall–Kier alpha value is -1.53. The molecule has 0 radical (unpaired) electrons. The van der Waals surface area contributed by atoms with Crippen molar-refractivity contribution in [2.75, 3.05) is 18.5 Å². The zero-order chi connectivity index (χ0) is 29.9. The van der Waals surface area contributed by atoms with E-state index < -0.39 is 4.01 Å². The maximum atomic E-state index is 11.0. The van der Waals surface area contributed by atoms with Crippen LogP contribution in [0.3, 0.4) is 0 Å². The average molecular weight is 771 g/mol. The van der Waals surface area contributed by atoms with E-state index in [0.717, 1.165) is 24.6 Å². The molecular formula is C33H40Br3O4P. The van der Waals surface area contributed by atoms with E-state index >= 15 is 0 Å². The second kappa shape index (κ2) is 15.8. The Balaban J connectivity index is 0.000000193. The predicted molar refractivity (Wildman–Crippen MR) is 184 cm³/mol. The molecule has 0 spiro atoms. The fraction of sp³-hybridized carbons (Fsp3) is 0.394. The molecule has 3 aromatic carbocycles. The molecule has 5 rings (SSSR count). The van der Waals surface area contributed by atoms with Crippen molar-refractivity contribution in [1.29, 1.82) is 0 Å². The number of carbonyl (C=O) groups excluding carboxylic acids is 2. The smallest absolute Gasteiger partial charge is 0.309 e. The number of hydrogen-bond donors (Lipinski definition) is 0. The summed E-state index contributed by atoms with van der Waals surface area (Å²) in [5.41, 5.74) is 0. The summed E-state index contributed by atoms with van der Waals surface area (Å²) in [4.78, 5) is 21.9. The van der Waals surface area contributed by atoms with Gasteiger partial charge in [0, 0.05) is 5.33 Å². The molecule has 41 heavy (non-hydrogen) atoms. The maximum absolute atomic E-state index is 11.0. The van der Waals surface area contributed by atoms with Crippen molar-refractivity contribution >= 4 is 78.8 Å². The minimum absolute atomic E-state index is 0.00866. The van der Waals surface area contributed by atoms with Gasteiger partial charge in [0.1, 0.15) is 0 Å². The van der Waals surface area contributed by atoms with E-state index in [1.807, 2.05) is 13.8 Å². The molecule has 4 nitrogen and oxygen atoms in total. The van der Waals surface area contributed by atoms with Crippen LogP contribution in [0, 0.1) is 23.7 Å². The van der Waals surface area contributed by atoms with Crippen molar-refractivity contribution in [2.45, 2.75) is 40.0 Å². The number of benzene rings is 3. The molecule has 0 heterocycles. The summed E-state index contributed by atoms with van der Waals surface area (Å²) in [6, 6.07) is 31.8. The number of esters is 2. The van der Waals surface area contributed by atoms with Crippen molar-refractivity contribution in [3.05, 3.63) is 91.0 Å². The Labute approximate surface area is 269 Å². The summed E-state index contributed by atoms with van der Waals surface area (Å²) in [6.45, 7) is 6.82. The monoisotopic (exact) mass is 768 g/mol. The molecule has 2 aliphatic carbocycles. The van der Waals surface area contributed by atoms with Gasteiger partial charge in [0.2, 0.25) is 0 Å². The minimum Gasteiger partial charge on any atom is -0.466 e. The number of hydrogen-bond acceptors (Lipinski definition) is 4.